The molecule has 2 aromatic heterocycles. The largest absolute Gasteiger partial charge is 0.295 e. The highest BCUT2D eigenvalue weighted by molar-refractivity contribution is 9.10. The number of nitrogens with zero attached hydrogens (tertiary/aromatic N) is 3. The Balaban J connectivity index is 1.91. The standard InChI is InChI=1S/C17H13BrN4O/c1-10-14-15(21-20-10)17(23)22(13-6-4-12(18)5-7-13)16(14)11-3-2-8-19-9-11/h2-9,16H,1H3,(H,20,21)/t16-/m0/s1. The second-order valence-corrected chi connectivity index (χ2v) is 6.37. The molecule has 1 aliphatic rings. The zero-order valence-corrected chi connectivity index (χ0v) is 13.9. The van der Waals surface area contributed by atoms with Gasteiger partial charge >= 0.3 is 0 Å². The summed E-state index contributed by atoms with van der Waals surface area (Å²) >= 11 is 3.43. The maximum absolute atomic E-state index is 12.9. The van der Waals surface area contributed by atoms with E-state index in [2.05, 4.69) is 31.1 Å². The highest BCUT2D eigenvalue weighted by atomic mass is 79.9. The van der Waals surface area contributed by atoms with Crippen LogP contribution < -0.4 is 4.90 Å². The van der Waals surface area contributed by atoms with Crippen molar-refractivity contribution in [2.75, 3.05) is 4.90 Å². The normalized spacial score (nSPS) is 16.7. The van der Waals surface area contributed by atoms with E-state index in [1.807, 2.05) is 43.3 Å². The summed E-state index contributed by atoms with van der Waals surface area (Å²) in [7, 11) is 0. The van der Waals surface area contributed by atoms with Crippen molar-refractivity contribution < 1.29 is 4.79 Å². The number of H-pyrrole nitrogens is 1. The minimum absolute atomic E-state index is 0.0967. The first kappa shape index (κ1) is 14.1. The Morgan fingerprint density at radius 3 is 2.70 bits per heavy atom. The van der Waals surface area contributed by atoms with Gasteiger partial charge in [0.15, 0.2) is 5.69 Å². The SMILES string of the molecule is Cc1[nH]nc2c1[C@H](c1cccnc1)N(c1ccc(Br)cc1)C2=O. The van der Waals surface area contributed by atoms with Gasteiger partial charge in [-0.3, -0.25) is 19.8 Å². The lowest BCUT2D eigenvalue weighted by Gasteiger charge is -2.26. The topological polar surface area (TPSA) is 61.9 Å². The monoisotopic (exact) mass is 368 g/mol. The average molecular weight is 369 g/mol. The third kappa shape index (κ3) is 2.17. The van der Waals surface area contributed by atoms with Gasteiger partial charge in [-0.15, -0.1) is 0 Å². The summed E-state index contributed by atoms with van der Waals surface area (Å²) in [5.74, 6) is -0.0967. The Morgan fingerprint density at radius 1 is 1.22 bits per heavy atom. The number of amides is 1. The molecular formula is C17H13BrN4O. The van der Waals surface area contributed by atoms with Crippen LogP contribution in [0.4, 0.5) is 5.69 Å². The third-order valence-electron chi connectivity index (χ3n) is 4.05. The minimum Gasteiger partial charge on any atom is -0.295 e. The second-order valence-electron chi connectivity index (χ2n) is 5.45. The highest BCUT2D eigenvalue weighted by Gasteiger charge is 2.42. The average Bonchev–Trinajstić information content (AvgIpc) is 3.08. The molecule has 0 unspecified atom stereocenters. The number of carbonyl (C=O) groups excluding carboxylic acids is 1. The smallest absolute Gasteiger partial charge is 0.280 e. The van der Waals surface area contributed by atoms with Crippen LogP contribution in [0.3, 0.4) is 0 Å². The molecule has 0 saturated heterocycles. The number of fused-ring (bicyclic) bond motifs is 1. The van der Waals surface area contributed by atoms with Crippen LogP contribution in [-0.4, -0.2) is 21.1 Å². The van der Waals surface area contributed by atoms with Gasteiger partial charge in [-0.05, 0) is 42.8 Å². The van der Waals surface area contributed by atoms with Crippen LogP contribution in [0.5, 0.6) is 0 Å². The lowest BCUT2D eigenvalue weighted by molar-refractivity contribution is 0.0988. The maximum Gasteiger partial charge on any atom is 0.280 e. The lowest BCUT2D eigenvalue weighted by atomic mass is 10.0. The quantitative estimate of drug-likeness (QED) is 0.751. The number of nitrogens with one attached hydrogen (secondary N) is 1. The van der Waals surface area contributed by atoms with Gasteiger partial charge in [0.1, 0.15) is 0 Å². The number of aromatic amines is 1. The van der Waals surface area contributed by atoms with Crippen LogP contribution in [0.15, 0.2) is 53.3 Å². The summed E-state index contributed by atoms with van der Waals surface area (Å²) in [5.41, 5.74) is 4.11. The Hall–Kier alpha value is -2.47. The molecule has 0 spiro atoms. The molecule has 0 fully saturated rings. The number of carbonyl (C=O) groups is 1. The molecule has 6 heteroatoms. The van der Waals surface area contributed by atoms with Crippen LogP contribution >= 0.6 is 15.9 Å². The second kappa shape index (κ2) is 5.31. The molecule has 1 amide bonds. The summed E-state index contributed by atoms with van der Waals surface area (Å²) in [6, 6.07) is 11.4. The third-order valence-corrected chi connectivity index (χ3v) is 4.58. The van der Waals surface area contributed by atoms with Crippen LogP contribution in [0, 0.1) is 6.92 Å². The Labute approximate surface area is 141 Å². The number of benzene rings is 1. The number of rotatable bonds is 2. The minimum atomic E-state index is -0.217. The maximum atomic E-state index is 12.9. The molecule has 0 saturated carbocycles. The number of halogens is 1. The van der Waals surface area contributed by atoms with Gasteiger partial charge < -0.3 is 0 Å². The van der Waals surface area contributed by atoms with Gasteiger partial charge in [-0.2, -0.15) is 5.10 Å². The molecule has 4 rings (SSSR count). The molecule has 1 N–H and O–H groups in total. The number of hydrogen-bond acceptors (Lipinski definition) is 3. The van der Waals surface area contributed by atoms with E-state index in [0.29, 0.717) is 5.69 Å². The zero-order valence-electron chi connectivity index (χ0n) is 12.3. The number of aromatic nitrogens is 3. The fourth-order valence-electron chi connectivity index (χ4n) is 3.02. The van der Waals surface area contributed by atoms with Crippen LogP contribution in [-0.2, 0) is 0 Å². The van der Waals surface area contributed by atoms with Crippen molar-refractivity contribution in [1.82, 2.24) is 15.2 Å². The van der Waals surface area contributed by atoms with Crippen molar-refractivity contribution in [3.8, 4) is 0 Å². The Bertz CT molecular complexity index is 873. The van der Waals surface area contributed by atoms with E-state index in [1.165, 1.54) is 0 Å². The van der Waals surface area contributed by atoms with E-state index in [0.717, 1.165) is 27.0 Å². The molecule has 0 radical (unpaired) electrons. The molecule has 1 atom stereocenters. The molecule has 1 aliphatic heterocycles. The summed E-state index contributed by atoms with van der Waals surface area (Å²) in [4.78, 5) is 18.9. The molecule has 114 valence electrons. The highest BCUT2D eigenvalue weighted by Crippen LogP contribution is 2.42. The lowest BCUT2D eigenvalue weighted by Crippen LogP contribution is -2.29. The Morgan fingerprint density at radius 2 is 2.00 bits per heavy atom. The first-order valence-electron chi connectivity index (χ1n) is 7.20. The number of aryl methyl sites for hydroxylation is 1. The first-order chi connectivity index (χ1) is 11.2. The van der Waals surface area contributed by atoms with E-state index in [4.69, 9.17) is 0 Å². The van der Waals surface area contributed by atoms with E-state index >= 15 is 0 Å². The molecule has 5 nitrogen and oxygen atoms in total. The summed E-state index contributed by atoms with van der Waals surface area (Å²) in [5, 5.41) is 7.13. The number of pyridine rings is 1. The van der Waals surface area contributed by atoms with E-state index in [-0.39, 0.29) is 11.9 Å². The van der Waals surface area contributed by atoms with Gasteiger partial charge in [0.2, 0.25) is 0 Å². The molecule has 3 heterocycles. The summed E-state index contributed by atoms with van der Waals surface area (Å²) < 4.78 is 0.973. The van der Waals surface area contributed by atoms with Crippen LogP contribution in [0.1, 0.15) is 33.4 Å². The summed E-state index contributed by atoms with van der Waals surface area (Å²) in [6.45, 7) is 1.94. The van der Waals surface area contributed by atoms with Crippen molar-refractivity contribution in [3.05, 3.63) is 75.8 Å². The van der Waals surface area contributed by atoms with Crippen molar-refractivity contribution in [3.63, 3.8) is 0 Å². The molecular weight excluding hydrogens is 356 g/mol. The number of anilines is 1. The molecule has 1 aromatic carbocycles. The van der Waals surface area contributed by atoms with Crippen molar-refractivity contribution in [2.24, 2.45) is 0 Å². The van der Waals surface area contributed by atoms with Gasteiger partial charge in [0.05, 0.1) is 6.04 Å². The van der Waals surface area contributed by atoms with E-state index in [9.17, 15) is 4.79 Å². The van der Waals surface area contributed by atoms with Gasteiger partial charge in [-0.1, -0.05) is 22.0 Å². The molecule has 23 heavy (non-hydrogen) atoms. The van der Waals surface area contributed by atoms with Crippen LogP contribution in [0.25, 0.3) is 0 Å². The van der Waals surface area contributed by atoms with Crippen molar-refractivity contribution >= 4 is 27.5 Å². The zero-order chi connectivity index (χ0) is 16.0. The predicted octanol–water partition coefficient (Wildman–Crippen LogP) is 3.63. The van der Waals surface area contributed by atoms with E-state index in [1.54, 1.807) is 17.3 Å². The number of hydrogen-bond donors (Lipinski definition) is 1. The van der Waals surface area contributed by atoms with Gasteiger partial charge in [0.25, 0.3) is 5.91 Å². The van der Waals surface area contributed by atoms with Gasteiger partial charge in [-0.25, -0.2) is 0 Å². The first-order valence-corrected chi connectivity index (χ1v) is 8.00. The predicted molar refractivity (Wildman–Crippen MR) is 90.4 cm³/mol. The van der Waals surface area contributed by atoms with E-state index < -0.39 is 0 Å². The molecule has 3 aromatic rings. The van der Waals surface area contributed by atoms with Gasteiger partial charge in [0, 0.05) is 33.8 Å². The fourth-order valence-corrected chi connectivity index (χ4v) is 3.28. The van der Waals surface area contributed by atoms with Crippen molar-refractivity contribution in [1.29, 1.82) is 0 Å². The molecule has 0 aliphatic carbocycles. The van der Waals surface area contributed by atoms with Crippen LogP contribution in [0.2, 0.25) is 0 Å². The molecule has 0 bridgehead atoms. The fraction of sp³-hybridized carbons (Fsp3) is 0.118. The van der Waals surface area contributed by atoms with Crippen molar-refractivity contribution in [2.45, 2.75) is 13.0 Å². The Kier molecular flexibility index (Phi) is 3.27. The summed E-state index contributed by atoms with van der Waals surface area (Å²) in [6.07, 6.45) is 3.53.